The van der Waals surface area contributed by atoms with Crippen LogP contribution in [0.15, 0.2) is 65.7 Å². The van der Waals surface area contributed by atoms with E-state index in [0.29, 0.717) is 17.1 Å². The van der Waals surface area contributed by atoms with E-state index >= 15 is 0 Å². The number of hydrogen-bond acceptors (Lipinski definition) is 6. The van der Waals surface area contributed by atoms with Crippen molar-refractivity contribution < 1.29 is 17.9 Å². The largest absolute Gasteiger partial charge is 0.481 e. The molecule has 0 spiro atoms. The number of aryl methyl sites for hydroxylation is 1. The first-order chi connectivity index (χ1) is 15.2. The number of amides is 1. The van der Waals surface area contributed by atoms with E-state index in [2.05, 4.69) is 33.9 Å². The molecule has 0 aliphatic rings. The molecule has 168 valence electrons. The van der Waals surface area contributed by atoms with Gasteiger partial charge in [-0.1, -0.05) is 32.0 Å². The standard InChI is InChI=1S/C23H26N4O4S/c1-15(2)20-7-5-6-8-21(20)31-17(4)22(28)26-18-9-11-19(12-10-18)32(29,30)27-23-24-14-13-16(3)25-23/h5-15,17H,1-4H3,(H,26,28)(H,24,25,27)/t17-/m0/s1. The van der Waals surface area contributed by atoms with E-state index in [1.54, 1.807) is 19.9 Å². The topological polar surface area (TPSA) is 110 Å². The Hall–Kier alpha value is -3.46. The monoisotopic (exact) mass is 454 g/mol. The van der Waals surface area contributed by atoms with Crippen molar-refractivity contribution in [2.45, 2.75) is 44.6 Å². The Balaban J connectivity index is 1.65. The molecule has 3 rings (SSSR count). The maximum absolute atomic E-state index is 12.6. The van der Waals surface area contributed by atoms with Gasteiger partial charge in [-0.2, -0.15) is 0 Å². The van der Waals surface area contributed by atoms with Crippen LogP contribution in [0.5, 0.6) is 5.75 Å². The lowest BCUT2D eigenvalue weighted by Gasteiger charge is -2.18. The summed E-state index contributed by atoms with van der Waals surface area (Å²) in [5, 5.41) is 2.74. The van der Waals surface area contributed by atoms with E-state index in [9.17, 15) is 13.2 Å². The number of nitrogens with one attached hydrogen (secondary N) is 2. The Morgan fingerprint density at radius 1 is 1.00 bits per heavy atom. The van der Waals surface area contributed by atoms with Crippen molar-refractivity contribution in [3.05, 3.63) is 72.1 Å². The molecule has 2 N–H and O–H groups in total. The molecule has 0 fully saturated rings. The Morgan fingerprint density at radius 3 is 2.34 bits per heavy atom. The third kappa shape index (κ3) is 5.82. The number of aromatic nitrogens is 2. The quantitative estimate of drug-likeness (QED) is 0.530. The summed E-state index contributed by atoms with van der Waals surface area (Å²) in [6.07, 6.45) is 0.736. The Morgan fingerprint density at radius 2 is 1.69 bits per heavy atom. The van der Waals surface area contributed by atoms with E-state index in [0.717, 1.165) is 5.56 Å². The van der Waals surface area contributed by atoms with Crippen molar-refractivity contribution in [3.8, 4) is 5.75 Å². The van der Waals surface area contributed by atoms with E-state index in [-0.39, 0.29) is 22.7 Å². The third-order valence-corrected chi connectivity index (χ3v) is 6.01. The number of rotatable bonds is 8. The van der Waals surface area contributed by atoms with Crippen LogP contribution in [-0.4, -0.2) is 30.4 Å². The van der Waals surface area contributed by atoms with Gasteiger partial charge in [-0.3, -0.25) is 4.79 Å². The Labute approximate surface area is 188 Å². The molecule has 0 radical (unpaired) electrons. The number of sulfonamides is 1. The first-order valence-electron chi connectivity index (χ1n) is 10.1. The number of nitrogens with zero attached hydrogens (tertiary/aromatic N) is 2. The number of para-hydroxylation sites is 1. The predicted molar refractivity (Wildman–Crippen MR) is 123 cm³/mol. The van der Waals surface area contributed by atoms with Gasteiger partial charge in [0.2, 0.25) is 5.95 Å². The minimum absolute atomic E-state index is 0.00460. The maximum Gasteiger partial charge on any atom is 0.265 e. The molecule has 0 unspecified atom stereocenters. The summed E-state index contributed by atoms with van der Waals surface area (Å²) in [6, 6.07) is 15.1. The second-order valence-electron chi connectivity index (χ2n) is 7.59. The van der Waals surface area contributed by atoms with Crippen LogP contribution < -0.4 is 14.8 Å². The van der Waals surface area contributed by atoms with Crippen LogP contribution in [0.25, 0.3) is 0 Å². The Kier molecular flexibility index (Phi) is 7.09. The first-order valence-corrected chi connectivity index (χ1v) is 11.6. The van der Waals surface area contributed by atoms with Crippen molar-refractivity contribution >= 4 is 27.6 Å². The van der Waals surface area contributed by atoms with Crippen LogP contribution in [0.3, 0.4) is 0 Å². The summed E-state index contributed by atoms with van der Waals surface area (Å²) in [7, 11) is -3.86. The lowest BCUT2D eigenvalue weighted by atomic mass is 10.0. The summed E-state index contributed by atoms with van der Waals surface area (Å²) < 4.78 is 33.3. The van der Waals surface area contributed by atoms with Gasteiger partial charge in [0, 0.05) is 17.6 Å². The molecular weight excluding hydrogens is 428 g/mol. The van der Waals surface area contributed by atoms with E-state index < -0.39 is 16.1 Å². The number of benzene rings is 2. The van der Waals surface area contributed by atoms with Gasteiger partial charge in [-0.25, -0.2) is 23.1 Å². The van der Waals surface area contributed by atoms with Crippen molar-refractivity contribution in [2.24, 2.45) is 0 Å². The van der Waals surface area contributed by atoms with Crippen LogP contribution in [0.1, 0.15) is 37.9 Å². The summed E-state index contributed by atoms with van der Waals surface area (Å²) in [4.78, 5) is 20.5. The molecule has 9 heteroatoms. The lowest BCUT2D eigenvalue weighted by Crippen LogP contribution is -2.30. The minimum Gasteiger partial charge on any atom is -0.481 e. The molecule has 0 aliphatic carbocycles. The van der Waals surface area contributed by atoms with Crippen molar-refractivity contribution in [3.63, 3.8) is 0 Å². The van der Waals surface area contributed by atoms with E-state index in [1.807, 2.05) is 24.3 Å². The summed E-state index contributed by atoms with van der Waals surface area (Å²) in [5.41, 5.74) is 2.11. The lowest BCUT2D eigenvalue weighted by molar-refractivity contribution is -0.122. The zero-order chi connectivity index (χ0) is 23.3. The minimum atomic E-state index is -3.86. The molecule has 2 aromatic carbocycles. The van der Waals surface area contributed by atoms with Gasteiger partial charge < -0.3 is 10.1 Å². The molecular formula is C23H26N4O4S. The van der Waals surface area contributed by atoms with E-state index in [1.165, 1.54) is 30.5 Å². The average Bonchev–Trinajstić information content (AvgIpc) is 2.74. The molecule has 1 atom stereocenters. The highest BCUT2D eigenvalue weighted by Crippen LogP contribution is 2.27. The molecule has 3 aromatic rings. The molecule has 0 bridgehead atoms. The maximum atomic E-state index is 12.6. The van der Waals surface area contributed by atoms with Crippen LogP contribution in [0.2, 0.25) is 0 Å². The van der Waals surface area contributed by atoms with E-state index in [4.69, 9.17) is 4.74 Å². The second kappa shape index (κ2) is 9.78. The normalized spacial score (nSPS) is 12.3. The highest BCUT2D eigenvalue weighted by molar-refractivity contribution is 7.92. The van der Waals surface area contributed by atoms with Crippen molar-refractivity contribution in [1.29, 1.82) is 0 Å². The molecule has 32 heavy (non-hydrogen) atoms. The number of ether oxygens (including phenoxy) is 1. The number of anilines is 2. The first kappa shape index (κ1) is 23.2. The fraction of sp³-hybridized carbons (Fsp3) is 0.261. The number of hydrogen-bond donors (Lipinski definition) is 2. The summed E-state index contributed by atoms with van der Waals surface area (Å²) >= 11 is 0. The van der Waals surface area contributed by atoms with Gasteiger partial charge in [0.05, 0.1) is 4.90 Å². The van der Waals surface area contributed by atoms with Crippen LogP contribution in [-0.2, 0) is 14.8 Å². The number of carbonyl (C=O) groups is 1. The van der Waals surface area contributed by atoms with Gasteiger partial charge in [0.25, 0.3) is 15.9 Å². The van der Waals surface area contributed by atoms with Gasteiger partial charge in [0.15, 0.2) is 6.10 Å². The third-order valence-electron chi connectivity index (χ3n) is 4.67. The van der Waals surface area contributed by atoms with Crippen LogP contribution in [0, 0.1) is 6.92 Å². The van der Waals surface area contributed by atoms with Gasteiger partial charge in [0.1, 0.15) is 5.75 Å². The van der Waals surface area contributed by atoms with Gasteiger partial charge in [-0.15, -0.1) is 0 Å². The van der Waals surface area contributed by atoms with Crippen LogP contribution in [0.4, 0.5) is 11.6 Å². The molecule has 0 aliphatic heterocycles. The van der Waals surface area contributed by atoms with Gasteiger partial charge >= 0.3 is 0 Å². The molecule has 0 saturated heterocycles. The SMILES string of the molecule is Cc1ccnc(NS(=O)(=O)c2ccc(NC(=O)[C@H](C)Oc3ccccc3C(C)C)cc2)n1. The molecule has 8 nitrogen and oxygen atoms in total. The van der Waals surface area contributed by atoms with Crippen LogP contribution >= 0.6 is 0 Å². The fourth-order valence-electron chi connectivity index (χ4n) is 2.95. The second-order valence-corrected chi connectivity index (χ2v) is 9.28. The molecule has 1 amide bonds. The molecule has 1 heterocycles. The highest BCUT2D eigenvalue weighted by Gasteiger charge is 2.19. The zero-order valence-corrected chi connectivity index (χ0v) is 19.2. The molecule has 1 aromatic heterocycles. The molecule has 0 saturated carbocycles. The predicted octanol–water partition coefficient (Wildman–Crippen LogP) is 4.12. The fourth-order valence-corrected chi connectivity index (χ4v) is 3.90. The number of carbonyl (C=O) groups excluding carboxylic acids is 1. The Bertz CT molecular complexity index is 1190. The van der Waals surface area contributed by atoms with Gasteiger partial charge in [-0.05, 0) is 61.7 Å². The average molecular weight is 455 g/mol. The zero-order valence-electron chi connectivity index (χ0n) is 18.4. The van der Waals surface area contributed by atoms with Crippen molar-refractivity contribution in [1.82, 2.24) is 9.97 Å². The summed E-state index contributed by atoms with van der Waals surface area (Å²) in [6.45, 7) is 7.52. The highest BCUT2D eigenvalue weighted by atomic mass is 32.2. The van der Waals surface area contributed by atoms with Crippen molar-refractivity contribution in [2.75, 3.05) is 10.0 Å². The smallest absolute Gasteiger partial charge is 0.265 e. The summed E-state index contributed by atoms with van der Waals surface area (Å²) in [5.74, 6) is 0.575.